The summed E-state index contributed by atoms with van der Waals surface area (Å²) in [5.74, 6) is 0. The van der Waals surface area contributed by atoms with Crippen LogP contribution in [0.2, 0.25) is 0 Å². The van der Waals surface area contributed by atoms with Gasteiger partial charge in [0.05, 0.1) is 24.3 Å². The number of nitrogens with two attached hydrogens (primary N) is 1. The molecule has 3 N–H and O–H groups in total. The van der Waals surface area contributed by atoms with Crippen LogP contribution in [0.5, 0.6) is 0 Å². The number of pyridine rings is 1. The summed E-state index contributed by atoms with van der Waals surface area (Å²) in [6.45, 7) is 0. The van der Waals surface area contributed by atoms with Gasteiger partial charge >= 0.3 is 0 Å². The lowest BCUT2D eigenvalue weighted by Gasteiger charge is -2.27. The molecule has 1 fully saturated rings. The van der Waals surface area contributed by atoms with Crippen molar-refractivity contribution in [3.05, 3.63) is 31.0 Å². The zero-order valence-corrected chi connectivity index (χ0v) is 10.7. The van der Waals surface area contributed by atoms with Gasteiger partial charge in [0.2, 0.25) is 0 Å². The normalized spacial score (nSPS) is 23.4. The second-order valence-corrected chi connectivity index (χ2v) is 5.11. The van der Waals surface area contributed by atoms with Gasteiger partial charge in [-0.05, 0) is 31.7 Å². The predicted octanol–water partition coefficient (Wildman–Crippen LogP) is 2.00. The summed E-state index contributed by atoms with van der Waals surface area (Å²) >= 11 is 0. The number of nitrogen functional groups attached to an aromatic ring is 1. The van der Waals surface area contributed by atoms with E-state index in [1.807, 2.05) is 12.5 Å². The average molecular weight is 258 g/mol. The molecule has 0 radical (unpaired) electrons. The highest BCUT2D eigenvalue weighted by atomic mass is 16.3. The molecule has 0 saturated heterocycles. The molecule has 1 aliphatic carbocycles. The number of hydrogen-bond acceptors (Lipinski definition) is 4. The summed E-state index contributed by atoms with van der Waals surface area (Å²) < 4.78 is 2.17. The largest absolute Gasteiger partial charge is 0.398 e. The molecule has 2 aromatic rings. The van der Waals surface area contributed by atoms with Crippen molar-refractivity contribution < 1.29 is 5.11 Å². The second-order valence-electron chi connectivity index (χ2n) is 5.11. The van der Waals surface area contributed by atoms with E-state index < -0.39 is 0 Å². The minimum absolute atomic E-state index is 0.147. The van der Waals surface area contributed by atoms with Crippen molar-refractivity contribution in [3.8, 4) is 11.3 Å². The average Bonchev–Trinajstić information content (AvgIpc) is 2.89. The number of aliphatic hydroxyl groups excluding tert-OH is 1. The molecule has 0 unspecified atom stereocenters. The van der Waals surface area contributed by atoms with Gasteiger partial charge in [-0.25, -0.2) is 4.98 Å². The van der Waals surface area contributed by atoms with Crippen LogP contribution < -0.4 is 5.73 Å². The molecule has 0 aliphatic heterocycles. The smallest absolute Gasteiger partial charge is 0.0953 e. The van der Waals surface area contributed by atoms with Crippen molar-refractivity contribution in [2.24, 2.45) is 0 Å². The van der Waals surface area contributed by atoms with Crippen molar-refractivity contribution in [1.29, 1.82) is 0 Å². The topological polar surface area (TPSA) is 77.0 Å². The first-order valence-electron chi connectivity index (χ1n) is 6.65. The van der Waals surface area contributed by atoms with Crippen LogP contribution in [0, 0.1) is 0 Å². The third kappa shape index (κ3) is 2.33. The molecule has 1 saturated carbocycles. The Morgan fingerprint density at radius 1 is 1.16 bits per heavy atom. The quantitative estimate of drug-likeness (QED) is 0.863. The van der Waals surface area contributed by atoms with E-state index >= 15 is 0 Å². The summed E-state index contributed by atoms with van der Waals surface area (Å²) in [5, 5.41) is 9.60. The summed E-state index contributed by atoms with van der Waals surface area (Å²) in [5.41, 5.74) is 8.66. The summed E-state index contributed by atoms with van der Waals surface area (Å²) in [6.07, 6.45) is 10.7. The number of aromatic nitrogens is 3. The van der Waals surface area contributed by atoms with E-state index in [2.05, 4.69) is 14.5 Å². The van der Waals surface area contributed by atoms with Crippen LogP contribution in [0.15, 0.2) is 31.0 Å². The maximum absolute atomic E-state index is 9.60. The molecular weight excluding hydrogens is 240 g/mol. The molecule has 0 atom stereocenters. The van der Waals surface area contributed by atoms with Crippen molar-refractivity contribution in [2.45, 2.75) is 37.8 Å². The van der Waals surface area contributed by atoms with Gasteiger partial charge in [0, 0.05) is 29.7 Å². The highest BCUT2D eigenvalue weighted by molar-refractivity contribution is 5.72. The Labute approximate surface area is 112 Å². The van der Waals surface area contributed by atoms with E-state index in [9.17, 15) is 5.11 Å². The van der Waals surface area contributed by atoms with Crippen molar-refractivity contribution in [1.82, 2.24) is 14.5 Å². The van der Waals surface area contributed by atoms with Gasteiger partial charge in [0.15, 0.2) is 0 Å². The predicted molar refractivity (Wildman–Crippen MR) is 73.4 cm³/mol. The number of aliphatic hydroxyl groups is 1. The van der Waals surface area contributed by atoms with Crippen molar-refractivity contribution in [2.75, 3.05) is 5.73 Å². The number of rotatable bonds is 2. The van der Waals surface area contributed by atoms with E-state index in [0.717, 1.165) is 36.9 Å². The van der Waals surface area contributed by atoms with Gasteiger partial charge in [0.1, 0.15) is 0 Å². The molecule has 0 amide bonds. The molecule has 2 aromatic heterocycles. The fraction of sp³-hybridized carbons (Fsp3) is 0.429. The molecule has 3 rings (SSSR count). The van der Waals surface area contributed by atoms with Gasteiger partial charge in [-0.3, -0.25) is 4.98 Å². The van der Waals surface area contributed by atoms with E-state index in [1.54, 1.807) is 18.5 Å². The Bertz CT molecular complexity index is 558. The number of hydrogen-bond donors (Lipinski definition) is 2. The standard InChI is InChI=1S/C14H18N4O/c15-13-5-6-16-7-12(13)14-8-17-9-18(14)10-1-3-11(19)4-2-10/h5-11,19H,1-4H2,(H2,15,16). The van der Waals surface area contributed by atoms with Crippen molar-refractivity contribution in [3.63, 3.8) is 0 Å². The maximum atomic E-state index is 9.60. The number of anilines is 1. The first-order chi connectivity index (χ1) is 9.25. The monoisotopic (exact) mass is 258 g/mol. The second kappa shape index (κ2) is 5.01. The Kier molecular flexibility index (Phi) is 3.21. The SMILES string of the molecule is Nc1ccncc1-c1cncn1C1CCC(O)CC1. The Morgan fingerprint density at radius 3 is 2.68 bits per heavy atom. The molecule has 0 aromatic carbocycles. The fourth-order valence-electron chi connectivity index (χ4n) is 2.76. The van der Waals surface area contributed by atoms with Gasteiger partial charge in [-0.1, -0.05) is 0 Å². The zero-order chi connectivity index (χ0) is 13.2. The molecule has 100 valence electrons. The van der Waals surface area contributed by atoms with Crippen LogP contribution in [0.4, 0.5) is 5.69 Å². The molecule has 2 heterocycles. The first-order valence-corrected chi connectivity index (χ1v) is 6.65. The van der Waals surface area contributed by atoms with Crippen LogP contribution in [0.1, 0.15) is 31.7 Å². The van der Waals surface area contributed by atoms with E-state index in [4.69, 9.17) is 5.73 Å². The molecule has 5 heteroatoms. The molecule has 5 nitrogen and oxygen atoms in total. The van der Waals surface area contributed by atoms with E-state index in [0.29, 0.717) is 11.7 Å². The van der Waals surface area contributed by atoms with Gasteiger partial charge < -0.3 is 15.4 Å². The molecular formula is C14H18N4O. The first kappa shape index (κ1) is 12.2. The molecule has 0 spiro atoms. The third-order valence-electron chi connectivity index (χ3n) is 3.86. The van der Waals surface area contributed by atoms with Gasteiger partial charge in [-0.15, -0.1) is 0 Å². The van der Waals surface area contributed by atoms with Crippen LogP contribution in [0.3, 0.4) is 0 Å². The lowest BCUT2D eigenvalue weighted by atomic mass is 9.92. The van der Waals surface area contributed by atoms with Gasteiger partial charge in [0.25, 0.3) is 0 Å². The van der Waals surface area contributed by atoms with Crippen LogP contribution in [0.25, 0.3) is 11.3 Å². The highest BCUT2D eigenvalue weighted by Gasteiger charge is 2.23. The lowest BCUT2D eigenvalue weighted by molar-refractivity contribution is 0.111. The highest BCUT2D eigenvalue weighted by Crippen LogP contribution is 2.33. The Balaban J connectivity index is 1.93. The zero-order valence-electron chi connectivity index (χ0n) is 10.7. The molecule has 0 bridgehead atoms. The molecule has 19 heavy (non-hydrogen) atoms. The maximum Gasteiger partial charge on any atom is 0.0953 e. The molecule has 1 aliphatic rings. The Hall–Kier alpha value is -1.88. The van der Waals surface area contributed by atoms with Crippen molar-refractivity contribution >= 4 is 5.69 Å². The third-order valence-corrected chi connectivity index (χ3v) is 3.86. The summed E-state index contributed by atoms with van der Waals surface area (Å²) in [4.78, 5) is 8.39. The van der Waals surface area contributed by atoms with E-state index in [-0.39, 0.29) is 6.10 Å². The van der Waals surface area contributed by atoms with E-state index in [1.165, 1.54) is 0 Å². The summed E-state index contributed by atoms with van der Waals surface area (Å²) in [7, 11) is 0. The van der Waals surface area contributed by atoms with Gasteiger partial charge in [-0.2, -0.15) is 0 Å². The minimum Gasteiger partial charge on any atom is -0.398 e. The summed E-state index contributed by atoms with van der Waals surface area (Å²) in [6, 6.07) is 2.19. The Morgan fingerprint density at radius 2 is 1.95 bits per heavy atom. The lowest BCUT2D eigenvalue weighted by Crippen LogP contribution is -2.21. The number of nitrogens with zero attached hydrogens (tertiary/aromatic N) is 3. The van der Waals surface area contributed by atoms with Crippen LogP contribution >= 0.6 is 0 Å². The number of imidazole rings is 1. The fourth-order valence-corrected chi connectivity index (χ4v) is 2.76. The minimum atomic E-state index is -0.147. The van der Waals surface area contributed by atoms with Crippen LogP contribution in [-0.2, 0) is 0 Å². The van der Waals surface area contributed by atoms with Crippen LogP contribution in [-0.4, -0.2) is 25.7 Å².